The van der Waals surface area contributed by atoms with Crippen LogP contribution in [0.5, 0.6) is 11.5 Å². The number of nitrogens with two attached hydrogens (primary N) is 1. The van der Waals surface area contributed by atoms with Crippen LogP contribution < -0.4 is 15.2 Å². The third-order valence-corrected chi connectivity index (χ3v) is 6.48. The highest BCUT2D eigenvalue weighted by molar-refractivity contribution is 6.07. The standard InChI is InChI=1S/C22H19N3O4/c1-25-9-14(26)19-17(11-6-7-15-16(8-11)29-10-28-15)20-18(22(19,23)21(25)27)12-4-2-3-5-13(12)24-20/h2-8,17,19,24H,9-10,23H2,1H3/t17-,19?,22+/m0/s1. The van der Waals surface area contributed by atoms with Gasteiger partial charge in [-0.25, -0.2) is 0 Å². The fourth-order valence-electron chi connectivity index (χ4n) is 5.29. The van der Waals surface area contributed by atoms with E-state index in [1.807, 2.05) is 42.5 Å². The van der Waals surface area contributed by atoms with Gasteiger partial charge in [0.25, 0.3) is 0 Å². The zero-order chi connectivity index (χ0) is 19.9. The van der Waals surface area contributed by atoms with Gasteiger partial charge in [0.05, 0.1) is 12.5 Å². The number of para-hydroxylation sites is 1. The quantitative estimate of drug-likeness (QED) is 0.662. The number of aromatic nitrogens is 1. The van der Waals surface area contributed by atoms with Gasteiger partial charge in [0.1, 0.15) is 5.54 Å². The lowest BCUT2D eigenvalue weighted by atomic mass is 9.72. The maximum atomic E-state index is 13.3. The van der Waals surface area contributed by atoms with E-state index in [4.69, 9.17) is 15.2 Å². The minimum atomic E-state index is -1.40. The lowest BCUT2D eigenvalue weighted by Gasteiger charge is -2.40. The van der Waals surface area contributed by atoms with Crippen LogP contribution in [0.3, 0.4) is 0 Å². The van der Waals surface area contributed by atoms with E-state index in [0.29, 0.717) is 11.5 Å². The average Bonchev–Trinajstić information content (AvgIpc) is 3.38. The first kappa shape index (κ1) is 16.6. The van der Waals surface area contributed by atoms with Crippen molar-refractivity contribution < 1.29 is 19.1 Å². The third kappa shape index (κ3) is 1.95. The van der Waals surface area contributed by atoms with Crippen LogP contribution in [0.4, 0.5) is 0 Å². The summed E-state index contributed by atoms with van der Waals surface area (Å²) in [6, 6.07) is 13.4. The number of benzene rings is 2. The van der Waals surface area contributed by atoms with Crippen LogP contribution in [0, 0.1) is 5.92 Å². The summed E-state index contributed by atoms with van der Waals surface area (Å²) >= 11 is 0. The van der Waals surface area contributed by atoms with Crippen LogP contribution in [0.15, 0.2) is 42.5 Å². The van der Waals surface area contributed by atoms with Crippen LogP contribution in [-0.2, 0) is 15.1 Å². The molecule has 7 heteroatoms. The summed E-state index contributed by atoms with van der Waals surface area (Å²) in [5.41, 5.74) is 8.80. The number of piperidine rings is 1. The number of hydrogen-bond acceptors (Lipinski definition) is 5. The molecule has 3 atom stereocenters. The minimum absolute atomic E-state index is 0.0362. The molecule has 6 rings (SSSR count). The Kier molecular flexibility index (Phi) is 3.09. The fourth-order valence-corrected chi connectivity index (χ4v) is 5.29. The summed E-state index contributed by atoms with van der Waals surface area (Å²) in [6.07, 6.45) is 0. The number of amides is 1. The number of ketones is 1. The van der Waals surface area contributed by atoms with Crippen molar-refractivity contribution in [3.05, 3.63) is 59.3 Å². The van der Waals surface area contributed by atoms with E-state index >= 15 is 0 Å². The van der Waals surface area contributed by atoms with E-state index in [0.717, 1.165) is 27.7 Å². The van der Waals surface area contributed by atoms with E-state index in [2.05, 4.69) is 4.98 Å². The number of carbonyl (C=O) groups is 2. The third-order valence-electron chi connectivity index (χ3n) is 6.48. The van der Waals surface area contributed by atoms with Crippen molar-refractivity contribution >= 4 is 22.6 Å². The van der Waals surface area contributed by atoms with E-state index in [-0.39, 0.29) is 30.9 Å². The van der Waals surface area contributed by atoms with Crippen molar-refractivity contribution in [2.75, 3.05) is 20.4 Å². The molecule has 3 aliphatic rings. The number of carbonyl (C=O) groups excluding carboxylic acids is 2. The molecule has 7 nitrogen and oxygen atoms in total. The van der Waals surface area contributed by atoms with E-state index in [1.54, 1.807) is 7.05 Å². The topological polar surface area (TPSA) is 97.7 Å². The Labute approximate surface area is 166 Å². The number of likely N-dealkylation sites (tertiary alicyclic amines) is 1. The number of H-pyrrole nitrogens is 1. The fraction of sp³-hybridized carbons (Fsp3) is 0.273. The van der Waals surface area contributed by atoms with Crippen LogP contribution in [0.1, 0.15) is 22.7 Å². The minimum Gasteiger partial charge on any atom is -0.454 e. The molecule has 3 aromatic rings. The number of rotatable bonds is 1. The first-order valence-corrected chi connectivity index (χ1v) is 9.58. The molecule has 2 aromatic carbocycles. The Hall–Kier alpha value is -3.32. The van der Waals surface area contributed by atoms with Crippen molar-refractivity contribution in [1.82, 2.24) is 9.88 Å². The molecule has 3 N–H and O–H groups in total. The second-order valence-corrected chi connectivity index (χ2v) is 8.02. The van der Waals surface area contributed by atoms with Gasteiger partial charge in [-0.1, -0.05) is 24.3 Å². The highest BCUT2D eigenvalue weighted by Gasteiger charge is 2.62. The number of fused-ring (bicyclic) bond motifs is 6. The molecule has 1 saturated heterocycles. The van der Waals surface area contributed by atoms with Gasteiger partial charge in [0, 0.05) is 35.1 Å². The summed E-state index contributed by atoms with van der Waals surface area (Å²) in [7, 11) is 1.63. The lowest BCUT2D eigenvalue weighted by molar-refractivity contribution is -0.150. The monoisotopic (exact) mass is 389 g/mol. The van der Waals surface area contributed by atoms with Crippen LogP contribution in [0.2, 0.25) is 0 Å². The van der Waals surface area contributed by atoms with Crippen molar-refractivity contribution in [2.45, 2.75) is 11.5 Å². The maximum Gasteiger partial charge on any atom is 0.248 e. The summed E-state index contributed by atoms with van der Waals surface area (Å²) in [4.78, 5) is 31.4. The molecule has 1 amide bonds. The predicted molar refractivity (Wildman–Crippen MR) is 105 cm³/mol. The van der Waals surface area contributed by atoms with Crippen molar-refractivity contribution in [1.29, 1.82) is 0 Å². The van der Waals surface area contributed by atoms with E-state index in [1.165, 1.54) is 4.90 Å². The molecule has 0 saturated carbocycles. The summed E-state index contributed by atoms with van der Waals surface area (Å²) in [5.74, 6) is 0.0246. The van der Waals surface area contributed by atoms with E-state index < -0.39 is 11.5 Å². The molecule has 1 aromatic heterocycles. The van der Waals surface area contributed by atoms with Crippen molar-refractivity contribution in [3.63, 3.8) is 0 Å². The normalized spacial score (nSPS) is 27.4. The first-order chi connectivity index (χ1) is 14.0. The maximum absolute atomic E-state index is 13.3. The summed E-state index contributed by atoms with van der Waals surface area (Å²) in [5, 5.41) is 0.884. The Morgan fingerprint density at radius 3 is 2.79 bits per heavy atom. The van der Waals surface area contributed by atoms with Crippen molar-refractivity contribution in [3.8, 4) is 11.5 Å². The van der Waals surface area contributed by atoms with Gasteiger partial charge in [-0.15, -0.1) is 0 Å². The summed E-state index contributed by atoms with van der Waals surface area (Å²) in [6.45, 7) is 0.235. The van der Waals surface area contributed by atoms with Gasteiger partial charge in [-0.05, 0) is 23.8 Å². The van der Waals surface area contributed by atoms with Gasteiger partial charge < -0.3 is 25.1 Å². The molecule has 0 bridgehead atoms. The largest absolute Gasteiger partial charge is 0.454 e. The number of nitrogens with one attached hydrogen (secondary N) is 1. The molecule has 3 heterocycles. The SMILES string of the molecule is CN1CC(=O)C2[C@H](c3ccc4c(c3)OCO4)c3[nH]c4ccccc4c3[C@]2(N)C1=O. The molecule has 2 aliphatic heterocycles. The molecule has 1 fully saturated rings. The van der Waals surface area contributed by atoms with Crippen LogP contribution >= 0.6 is 0 Å². The predicted octanol–water partition coefficient (Wildman–Crippen LogP) is 1.85. The van der Waals surface area contributed by atoms with Gasteiger partial charge in [0.2, 0.25) is 12.7 Å². The molecule has 29 heavy (non-hydrogen) atoms. The lowest BCUT2D eigenvalue weighted by Crippen LogP contribution is -2.63. The Bertz CT molecular complexity index is 1220. The molecule has 1 unspecified atom stereocenters. The molecule has 146 valence electrons. The number of nitrogens with zero attached hydrogens (tertiary/aromatic N) is 1. The Morgan fingerprint density at radius 1 is 1.14 bits per heavy atom. The molecular formula is C22H19N3O4. The van der Waals surface area contributed by atoms with Crippen molar-refractivity contribution in [2.24, 2.45) is 11.7 Å². The molecular weight excluding hydrogens is 370 g/mol. The molecule has 0 radical (unpaired) electrons. The number of likely N-dealkylation sites (N-methyl/N-ethyl adjacent to an activating group) is 1. The zero-order valence-electron chi connectivity index (χ0n) is 15.8. The number of Topliss-reactive ketones (excluding diaryl/α,β-unsaturated/α-hetero) is 1. The smallest absolute Gasteiger partial charge is 0.248 e. The number of hydrogen-bond donors (Lipinski definition) is 2. The second-order valence-electron chi connectivity index (χ2n) is 8.02. The highest BCUT2D eigenvalue weighted by Crippen LogP contribution is 2.56. The van der Waals surface area contributed by atoms with Gasteiger partial charge in [0.15, 0.2) is 17.3 Å². The Morgan fingerprint density at radius 2 is 1.93 bits per heavy atom. The number of aromatic amines is 1. The van der Waals surface area contributed by atoms with Gasteiger partial charge >= 0.3 is 0 Å². The summed E-state index contributed by atoms with van der Waals surface area (Å²) < 4.78 is 11.0. The van der Waals surface area contributed by atoms with E-state index in [9.17, 15) is 9.59 Å². The zero-order valence-corrected chi connectivity index (χ0v) is 15.8. The highest BCUT2D eigenvalue weighted by atomic mass is 16.7. The molecule has 1 aliphatic carbocycles. The second kappa shape index (κ2) is 5.39. The van der Waals surface area contributed by atoms with Gasteiger partial charge in [-0.2, -0.15) is 0 Å². The van der Waals surface area contributed by atoms with Crippen LogP contribution in [0.25, 0.3) is 10.9 Å². The molecule has 0 spiro atoms. The van der Waals surface area contributed by atoms with Gasteiger partial charge in [-0.3, -0.25) is 9.59 Å². The first-order valence-electron chi connectivity index (χ1n) is 9.58. The van der Waals surface area contributed by atoms with Crippen LogP contribution in [-0.4, -0.2) is 42.0 Å². The Balaban J connectivity index is 1.65. The average molecular weight is 389 g/mol. The number of ether oxygens (including phenoxy) is 2.